The van der Waals surface area contributed by atoms with Crippen LogP contribution in [0, 0.1) is 0 Å². The third-order valence-corrected chi connectivity index (χ3v) is 6.06. The minimum atomic E-state index is -0.191. The van der Waals surface area contributed by atoms with Crippen molar-refractivity contribution in [1.82, 2.24) is 0 Å². The molecule has 2 nitrogen and oxygen atoms in total. The molecule has 0 aromatic carbocycles. The summed E-state index contributed by atoms with van der Waals surface area (Å²) < 4.78 is -0.382. The Bertz CT molecular complexity index is 118. The Labute approximate surface area is 88.8 Å². The summed E-state index contributed by atoms with van der Waals surface area (Å²) in [6.45, 7) is 0. The van der Waals surface area contributed by atoms with Crippen LogP contribution >= 0.6 is 45.2 Å². The lowest BCUT2D eigenvalue weighted by Crippen LogP contribution is -2.59. The number of alkyl halides is 2. The fourth-order valence-electron chi connectivity index (χ4n) is 1.18. The third kappa shape index (κ3) is 1.75. The molecule has 0 aromatic rings. The van der Waals surface area contributed by atoms with E-state index in [1.807, 2.05) is 0 Å². The zero-order valence-corrected chi connectivity index (χ0v) is 10.1. The molecule has 1 rings (SSSR count). The largest absolute Gasteiger partial charge is 0.315 e. The second-order valence-corrected chi connectivity index (χ2v) is 6.78. The highest BCUT2D eigenvalue weighted by Crippen LogP contribution is 2.42. The molecule has 0 spiro atoms. The van der Waals surface area contributed by atoms with Crippen LogP contribution in [0.25, 0.3) is 0 Å². The summed E-state index contributed by atoms with van der Waals surface area (Å²) in [6, 6.07) is 0. The minimum absolute atomic E-state index is 0.191. The van der Waals surface area contributed by atoms with Gasteiger partial charge in [0.2, 0.25) is 0 Å². The summed E-state index contributed by atoms with van der Waals surface area (Å²) in [5.41, 5.74) is 12.0. The molecule has 0 aromatic heterocycles. The minimum Gasteiger partial charge on any atom is -0.315 e. The van der Waals surface area contributed by atoms with Gasteiger partial charge in [0.25, 0.3) is 0 Å². The Balaban J connectivity index is 2.70. The maximum atomic E-state index is 6.01. The van der Waals surface area contributed by atoms with Crippen LogP contribution in [0.2, 0.25) is 0 Å². The van der Waals surface area contributed by atoms with Gasteiger partial charge in [0.05, 0.1) is 7.09 Å². The zero-order chi connectivity index (χ0) is 7.83. The van der Waals surface area contributed by atoms with Gasteiger partial charge in [-0.3, -0.25) is 0 Å². The van der Waals surface area contributed by atoms with Gasteiger partial charge >= 0.3 is 0 Å². The van der Waals surface area contributed by atoms with E-state index in [4.69, 9.17) is 11.5 Å². The van der Waals surface area contributed by atoms with Crippen LogP contribution < -0.4 is 11.5 Å². The summed E-state index contributed by atoms with van der Waals surface area (Å²) in [5, 5.41) is 0. The van der Waals surface area contributed by atoms with Gasteiger partial charge in [0.15, 0.2) is 0 Å². The highest BCUT2D eigenvalue weighted by molar-refractivity contribution is 14.1. The maximum absolute atomic E-state index is 6.01. The number of halogens is 2. The molecular weight excluding hydrogens is 354 g/mol. The van der Waals surface area contributed by atoms with E-state index in [-0.39, 0.29) is 7.09 Å². The predicted octanol–water partition coefficient (Wildman–Crippen LogP) is 1.74. The first-order valence-corrected chi connectivity index (χ1v) is 5.57. The van der Waals surface area contributed by atoms with Crippen molar-refractivity contribution in [2.45, 2.75) is 32.8 Å². The Kier molecular flexibility index (Phi) is 2.86. The van der Waals surface area contributed by atoms with Crippen LogP contribution in [0.1, 0.15) is 25.7 Å². The quantitative estimate of drug-likeness (QED) is 0.390. The Morgan fingerprint density at radius 2 is 1.20 bits per heavy atom. The molecule has 0 radical (unpaired) electrons. The molecule has 1 aliphatic rings. The molecule has 2 atom stereocenters. The van der Waals surface area contributed by atoms with Crippen LogP contribution in [0.3, 0.4) is 0 Å². The molecular formula is C6H12I2N2. The van der Waals surface area contributed by atoms with Crippen LogP contribution in [0.15, 0.2) is 0 Å². The number of hydrogen-bond acceptors (Lipinski definition) is 2. The van der Waals surface area contributed by atoms with E-state index in [0.717, 1.165) is 12.8 Å². The number of nitrogens with two attached hydrogens (primary N) is 2. The van der Waals surface area contributed by atoms with Gasteiger partial charge < -0.3 is 11.5 Å². The first kappa shape index (κ1) is 9.47. The van der Waals surface area contributed by atoms with Gasteiger partial charge in [-0.1, -0.05) is 58.0 Å². The second-order valence-electron chi connectivity index (χ2n) is 2.93. The molecule has 2 unspecified atom stereocenters. The number of rotatable bonds is 0. The molecule has 0 bridgehead atoms. The molecule has 0 aliphatic heterocycles. The van der Waals surface area contributed by atoms with E-state index >= 15 is 0 Å². The molecule has 1 saturated carbocycles. The summed E-state index contributed by atoms with van der Waals surface area (Å²) in [7, 11) is 0. The summed E-state index contributed by atoms with van der Waals surface area (Å²) >= 11 is 4.56. The Morgan fingerprint density at radius 1 is 0.900 bits per heavy atom. The fraction of sp³-hybridized carbons (Fsp3) is 1.00. The SMILES string of the molecule is NC1(I)CCCCC1(N)I. The molecule has 0 saturated heterocycles. The first-order chi connectivity index (χ1) is 4.46. The van der Waals surface area contributed by atoms with Crippen molar-refractivity contribution in [2.75, 3.05) is 0 Å². The van der Waals surface area contributed by atoms with Crippen LogP contribution in [-0.4, -0.2) is 7.09 Å². The molecule has 60 valence electrons. The highest BCUT2D eigenvalue weighted by Gasteiger charge is 2.43. The monoisotopic (exact) mass is 366 g/mol. The van der Waals surface area contributed by atoms with E-state index in [1.54, 1.807) is 0 Å². The van der Waals surface area contributed by atoms with Crippen LogP contribution in [-0.2, 0) is 0 Å². The lowest BCUT2D eigenvalue weighted by Gasteiger charge is -2.41. The molecule has 0 heterocycles. The predicted molar refractivity (Wildman–Crippen MR) is 60.3 cm³/mol. The lowest BCUT2D eigenvalue weighted by atomic mass is 9.92. The van der Waals surface area contributed by atoms with Crippen molar-refractivity contribution >= 4 is 45.2 Å². The van der Waals surface area contributed by atoms with Gasteiger partial charge in [-0.05, 0) is 12.8 Å². The van der Waals surface area contributed by atoms with Crippen molar-refractivity contribution in [2.24, 2.45) is 11.5 Å². The van der Waals surface area contributed by atoms with Gasteiger partial charge in [-0.15, -0.1) is 0 Å². The lowest BCUT2D eigenvalue weighted by molar-refractivity contribution is 0.354. The molecule has 1 fully saturated rings. The van der Waals surface area contributed by atoms with Crippen LogP contribution in [0.4, 0.5) is 0 Å². The average molecular weight is 366 g/mol. The van der Waals surface area contributed by atoms with E-state index < -0.39 is 0 Å². The summed E-state index contributed by atoms with van der Waals surface area (Å²) in [5.74, 6) is 0. The van der Waals surface area contributed by atoms with Gasteiger partial charge in [-0.2, -0.15) is 0 Å². The van der Waals surface area contributed by atoms with E-state index in [9.17, 15) is 0 Å². The Morgan fingerprint density at radius 3 is 1.40 bits per heavy atom. The van der Waals surface area contributed by atoms with E-state index in [0.29, 0.717) is 0 Å². The zero-order valence-electron chi connectivity index (χ0n) is 5.74. The van der Waals surface area contributed by atoms with Gasteiger partial charge in [-0.25, -0.2) is 0 Å². The summed E-state index contributed by atoms with van der Waals surface area (Å²) in [6.07, 6.45) is 4.54. The van der Waals surface area contributed by atoms with E-state index in [1.165, 1.54) is 12.8 Å². The van der Waals surface area contributed by atoms with Crippen molar-refractivity contribution < 1.29 is 0 Å². The van der Waals surface area contributed by atoms with Crippen LogP contribution in [0.5, 0.6) is 0 Å². The number of hydrogen-bond donors (Lipinski definition) is 2. The van der Waals surface area contributed by atoms with Crippen molar-refractivity contribution in [3.8, 4) is 0 Å². The Hall–Kier alpha value is 1.38. The first-order valence-electron chi connectivity index (χ1n) is 3.41. The topological polar surface area (TPSA) is 52.0 Å². The van der Waals surface area contributed by atoms with Gasteiger partial charge in [0.1, 0.15) is 0 Å². The fourth-order valence-corrected chi connectivity index (χ4v) is 2.48. The average Bonchev–Trinajstić information content (AvgIpc) is 1.77. The van der Waals surface area contributed by atoms with Crippen molar-refractivity contribution in [3.05, 3.63) is 0 Å². The normalized spacial score (nSPS) is 49.2. The highest BCUT2D eigenvalue weighted by atomic mass is 127. The third-order valence-electron chi connectivity index (χ3n) is 2.02. The molecule has 4 heteroatoms. The van der Waals surface area contributed by atoms with E-state index in [2.05, 4.69) is 45.2 Å². The van der Waals surface area contributed by atoms with Crippen molar-refractivity contribution in [3.63, 3.8) is 0 Å². The standard InChI is InChI=1S/C6H12I2N2/c7-5(9)3-1-2-4-6(5,8)10/h1-4,9-10H2. The smallest absolute Gasteiger partial charge is 0.0955 e. The van der Waals surface area contributed by atoms with Crippen molar-refractivity contribution in [1.29, 1.82) is 0 Å². The molecule has 10 heavy (non-hydrogen) atoms. The maximum Gasteiger partial charge on any atom is 0.0955 e. The summed E-state index contributed by atoms with van der Waals surface area (Å²) in [4.78, 5) is 0. The molecule has 4 N–H and O–H groups in total. The van der Waals surface area contributed by atoms with Gasteiger partial charge in [0, 0.05) is 0 Å². The molecule has 1 aliphatic carbocycles. The molecule has 0 amide bonds. The second kappa shape index (κ2) is 3.02.